The lowest BCUT2D eigenvalue weighted by Crippen LogP contribution is -2.56. The Morgan fingerprint density at radius 3 is 2.58 bits per heavy atom. The molecule has 2 N–H and O–H groups in total. The van der Waals surface area contributed by atoms with Crippen LogP contribution in [0.4, 0.5) is 0 Å². The molecule has 0 aliphatic carbocycles. The van der Waals surface area contributed by atoms with Gasteiger partial charge in [-0.3, -0.25) is 14.7 Å². The van der Waals surface area contributed by atoms with Crippen molar-refractivity contribution in [3.8, 4) is 0 Å². The van der Waals surface area contributed by atoms with Crippen molar-refractivity contribution < 1.29 is 13.2 Å². The van der Waals surface area contributed by atoms with Crippen molar-refractivity contribution in [2.75, 3.05) is 32.8 Å². The maximum Gasteiger partial charge on any atom is 0.241 e. The molecule has 2 fully saturated rings. The molecule has 1 spiro atoms. The van der Waals surface area contributed by atoms with E-state index in [1.807, 2.05) is 25.3 Å². The minimum Gasteiger partial charge on any atom is -0.342 e. The van der Waals surface area contributed by atoms with Crippen LogP contribution in [0.25, 0.3) is 0 Å². The number of hydrogen-bond donors (Lipinski definition) is 2. The first-order valence-electron chi connectivity index (χ1n) is 10.6. The van der Waals surface area contributed by atoms with Crippen LogP contribution >= 0.6 is 0 Å². The van der Waals surface area contributed by atoms with Gasteiger partial charge >= 0.3 is 0 Å². The maximum atomic E-state index is 12.7. The van der Waals surface area contributed by atoms with Crippen LogP contribution in [-0.4, -0.2) is 67.5 Å². The smallest absolute Gasteiger partial charge is 0.241 e. The van der Waals surface area contributed by atoms with Crippen LogP contribution in [0.3, 0.4) is 0 Å². The second-order valence-corrected chi connectivity index (χ2v) is 10.1. The quantitative estimate of drug-likeness (QED) is 0.665. The molecule has 2 saturated heterocycles. The number of piperidine rings is 1. The van der Waals surface area contributed by atoms with Crippen molar-refractivity contribution in [1.82, 2.24) is 24.8 Å². The number of nitrogens with one attached hydrogen (secondary N) is 2. The molecule has 3 heterocycles. The molecule has 0 radical (unpaired) electrons. The van der Waals surface area contributed by atoms with Gasteiger partial charge in [0.2, 0.25) is 15.9 Å². The number of aryl methyl sites for hydroxylation is 1. The number of sulfonamides is 1. The summed E-state index contributed by atoms with van der Waals surface area (Å²) < 4.78 is 27.6. The van der Waals surface area contributed by atoms with Gasteiger partial charge in [0, 0.05) is 45.1 Å². The highest BCUT2D eigenvalue weighted by atomic mass is 32.2. The average molecular weight is 444 g/mol. The molecular formula is C22H29N5O3S. The van der Waals surface area contributed by atoms with E-state index >= 15 is 0 Å². The molecule has 0 atom stereocenters. The minimum absolute atomic E-state index is 0.0936. The number of carbonyl (C=O) groups excluding carboxylic acids is 1. The van der Waals surface area contributed by atoms with Crippen LogP contribution in [0.1, 0.15) is 24.0 Å². The van der Waals surface area contributed by atoms with Crippen LogP contribution in [0.15, 0.2) is 53.7 Å². The van der Waals surface area contributed by atoms with E-state index in [1.165, 1.54) is 0 Å². The number of aromatic nitrogens is 1. The van der Waals surface area contributed by atoms with Gasteiger partial charge in [0.05, 0.1) is 11.6 Å². The van der Waals surface area contributed by atoms with Gasteiger partial charge in [-0.1, -0.05) is 23.8 Å². The fourth-order valence-electron chi connectivity index (χ4n) is 4.37. The van der Waals surface area contributed by atoms with Gasteiger partial charge in [0.25, 0.3) is 0 Å². The SMILES string of the molecule is Cc1ccc(S(=O)(=O)NCCN2CCC3(CC2)C(=O)NCN3Cc2cccnc2)cc1. The van der Waals surface area contributed by atoms with E-state index in [0.717, 1.165) is 37.1 Å². The lowest BCUT2D eigenvalue weighted by atomic mass is 9.86. The standard InChI is InChI=1S/C22H29N5O3S/c1-18-4-6-20(7-5-18)31(29,30)25-11-14-26-12-8-22(9-13-26)21(28)24-17-27(22)16-19-3-2-10-23-15-19/h2-7,10,15,25H,8-9,11-14,16-17H2,1H3,(H,24,28). The van der Waals surface area contributed by atoms with E-state index < -0.39 is 15.6 Å². The van der Waals surface area contributed by atoms with Crippen molar-refractivity contribution >= 4 is 15.9 Å². The topological polar surface area (TPSA) is 94.6 Å². The van der Waals surface area contributed by atoms with Gasteiger partial charge in [-0.05, 0) is 43.5 Å². The number of carbonyl (C=O) groups is 1. The summed E-state index contributed by atoms with van der Waals surface area (Å²) in [5, 5.41) is 3.01. The average Bonchev–Trinajstić information content (AvgIpc) is 3.05. The fourth-order valence-corrected chi connectivity index (χ4v) is 5.40. The third-order valence-electron chi connectivity index (χ3n) is 6.29. The van der Waals surface area contributed by atoms with E-state index in [-0.39, 0.29) is 10.8 Å². The molecular weight excluding hydrogens is 414 g/mol. The van der Waals surface area contributed by atoms with Gasteiger partial charge < -0.3 is 10.2 Å². The van der Waals surface area contributed by atoms with E-state index in [1.54, 1.807) is 30.5 Å². The number of pyridine rings is 1. The summed E-state index contributed by atoms with van der Waals surface area (Å²) in [6, 6.07) is 10.8. The summed E-state index contributed by atoms with van der Waals surface area (Å²) in [6.07, 6.45) is 5.04. The summed E-state index contributed by atoms with van der Waals surface area (Å²) in [6.45, 7) is 5.62. The summed E-state index contributed by atoms with van der Waals surface area (Å²) in [7, 11) is -3.51. The molecule has 0 unspecified atom stereocenters. The van der Waals surface area contributed by atoms with Crippen molar-refractivity contribution in [3.63, 3.8) is 0 Å². The third-order valence-corrected chi connectivity index (χ3v) is 7.77. The summed E-state index contributed by atoms with van der Waals surface area (Å²) in [4.78, 5) is 21.6. The zero-order valence-corrected chi connectivity index (χ0v) is 18.6. The van der Waals surface area contributed by atoms with E-state index in [4.69, 9.17) is 0 Å². The lowest BCUT2D eigenvalue weighted by Gasteiger charge is -2.42. The predicted molar refractivity (Wildman–Crippen MR) is 118 cm³/mol. The molecule has 8 nitrogen and oxygen atoms in total. The Balaban J connectivity index is 1.30. The van der Waals surface area contributed by atoms with Gasteiger partial charge in [-0.2, -0.15) is 0 Å². The first-order valence-corrected chi connectivity index (χ1v) is 12.1. The second-order valence-electron chi connectivity index (χ2n) is 8.31. The van der Waals surface area contributed by atoms with Gasteiger partial charge in [-0.15, -0.1) is 0 Å². The summed E-state index contributed by atoms with van der Waals surface area (Å²) in [5.41, 5.74) is 1.62. The minimum atomic E-state index is -3.51. The Kier molecular flexibility index (Phi) is 6.38. The number of amides is 1. The van der Waals surface area contributed by atoms with Crippen LogP contribution in [0.5, 0.6) is 0 Å². The summed E-state index contributed by atoms with van der Waals surface area (Å²) >= 11 is 0. The van der Waals surface area contributed by atoms with Crippen LogP contribution in [-0.2, 0) is 21.4 Å². The highest BCUT2D eigenvalue weighted by Crippen LogP contribution is 2.33. The van der Waals surface area contributed by atoms with E-state index in [9.17, 15) is 13.2 Å². The third kappa shape index (κ3) is 4.79. The zero-order chi connectivity index (χ0) is 21.9. The zero-order valence-electron chi connectivity index (χ0n) is 17.8. The molecule has 166 valence electrons. The first kappa shape index (κ1) is 21.9. The molecule has 9 heteroatoms. The normalized spacial score (nSPS) is 19.6. The Labute approximate surface area is 183 Å². The summed E-state index contributed by atoms with van der Waals surface area (Å²) in [5.74, 6) is 0.0936. The number of hydrogen-bond acceptors (Lipinski definition) is 6. The van der Waals surface area contributed by atoms with Crippen LogP contribution < -0.4 is 10.0 Å². The monoisotopic (exact) mass is 443 g/mol. The molecule has 1 aromatic carbocycles. The van der Waals surface area contributed by atoms with E-state index in [0.29, 0.717) is 26.3 Å². The first-order chi connectivity index (χ1) is 14.9. The number of rotatable bonds is 7. The van der Waals surface area contributed by atoms with Crippen molar-refractivity contribution in [3.05, 3.63) is 59.9 Å². The largest absolute Gasteiger partial charge is 0.342 e. The molecule has 0 bridgehead atoms. The van der Waals surface area contributed by atoms with Crippen molar-refractivity contribution in [2.45, 2.75) is 36.7 Å². The predicted octanol–water partition coefficient (Wildman–Crippen LogP) is 1.09. The molecule has 1 amide bonds. The Bertz CT molecular complexity index is 1000. The molecule has 0 saturated carbocycles. The number of likely N-dealkylation sites (tertiary alicyclic amines) is 1. The van der Waals surface area contributed by atoms with Crippen LogP contribution in [0.2, 0.25) is 0 Å². The fraction of sp³-hybridized carbons (Fsp3) is 0.455. The van der Waals surface area contributed by atoms with E-state index in [2.05, 4.69) is 24.8 Å². The molecule has 4 rings (SSSR count). The Morgan fingerprint density at radius 2 is 1.90 bits per heavy atom. The molecule has 2 aromatic rings. The lowest BCUT2D eigenvalue weighted by molar-refractivity contribution is -0.129. The van der Waals surface area contributed by atoms with Crippen molar-refractivity contribution in [1.29, 1.82) is 0 Å². The molecule has 2 aliphatic heterocycles. The maximum absolute atomic E-state index is 12.7. The molecule has 2 aliphatic rings. The Morgan fingerprint density at radius 1 is 1.16 bits per heavy atom. The van der Waals surface area contributed by atoms with Crippen molar-refractivity contribution in [2.24, 2.45) is 0 Å². The number of benzene rings is 1. The van der Waals surface area contributed by atoms with Gasteiger partial charge in [0.1, 0.15) is 5.54 Å². The van der Waals surface area contributed by atoms with Gasteiger partial charge in [0.15, 0.2) is 0 Å². The van der Waals surface area contributed by atoms with Crippen LogP contribution in [0, 0.1) is 6.92 Å². The Hall–Kier alpha value is -2.33. The second kappa shape index (κ2) is 9.04. The molecule has 1 aromatic heterocycles. The molecule has 31 heavy (non-hydrogen) atoms. The van der Waals surface area contributed by atoms with Gasteiger partial charge in [-0.25, -0.2) is 13.1 Å². The highest BCUT2D eigenvalue weighted by Gasteiger charge is 2.49. The number of nitrogens with zero attached hydrogens (tertiary/aromatic N) is 3. The highest BCUT2D eigenvalue weighted by molar-refractivity contribution is 7.89.